The molecule has 5 rings (SSSR count). The molecule has 0 unspecified atom stereocenters. The maximum absolute atomic E-state index is 13.5. The predicted molar refractivity (Wildman–Crippen MR) is 146 cm³/mol. The fraction of sp³-hybridized carbons (Fsp3) is 0.207. The largest absolute Gasteiger partial charge is 0.332 e. The van der Waals surface area contributed by atoms with Gasteiger partial charge in [0.15, 0.2) is 5.16 Å². The molecule has 182 valence electrons. The summed E-state index contributed by atoms with van der Waals surface area (Å²) in [6.07, 6.45) is 0. The van der Waals surface area contributed by atoms with Gasteiger partial charge in [-0.05, 0) is 39.8 Å². The molecule has 0 fully saturated rings. The molecule has 0 bridgehead atoms. The van der Waals surface area contributed by atoms with Gasteiger partial charge >= 0.3 is 0 Å². The lowest BCUT2D eigenvalue weighted by Crippen LogP contribution is -2.58. The zero-order valence-corrected chi connectivity index (χ0v) is 21.6. The average Bonchev–Trinajstić information content (AvgIpc) is 3.28. The number of thioether (sulfide) groups is 1. The summed E-state index contributed by atoms with van der Waals surface area (Å²) in [6.45, 7) is 7.64. The van der Waals surface area contributed by atoms with Crippen LogP contribution >= 0.6 is 11.8 Å². The molecule has 7 heteroatoms. The van der Waals surface area contributed by atoms with Gasteiger partial charge in [0.05, 0.1) is 28.5 Å². The van der Waals surface area contributed by atoms with Gasteiger partial charge in [-0.1, -0.05) is 83.6 Å². The Hall–Kier alpha value is -3.84. The number of nitrogens with one attached hydrogen (secondary N) is 2. The molecular formula is C29H28N4O2S. The monoisotopic (exact) mass is 496 g/mol. The molecule has 2 amide bonds. The molecular weight excluding hydrogens is 468 g/mol. The molecule has 4 aromatic rings. The van der Waals surface area contributed by atoms with Crippen molar-refractivity contribution in [1.29, 1.82) is 0 Å². The molecule has 0 radical (unpaired) electrons. The van der Waals surface area contributed by atoms with E-state index in [4.69, 9.17) is 4.98 Å². The molecule has 2 heterocycles. The van der Waals surface area contributed by atoms with Crippen LogP contribution in [0, 0.1) is 13.8 Å². The number of amides is 2. The first kappa shape index (κ1) is 23.9. The maximum Gasteiger partial charge on any atom is 0.250 e. The van der Waals surface area contributed by atoms with Crippen LogP contribution < -0.4 is 10.2 Å². The highest BCUT2D eigenvalue weighted by Gasteiger charge is 2.43. The standard InChI is InChI=1S/C29H28N4O2S/c1-18-9-13-20(14-10-18)25-26(21-15-11-19(2)12-16-21)32-28(31-25)36-17-24(34)33-23-8-6-5-7-22(23)30-27(35)29(33,3)4/h5-16H,17H2,1-4H3,(H,30,35)(H,31,32). The van der Waals surface area contributed by atoms with Crippen LogP contribution in [0.5, 0.6) is 0 Å². The van der Waals surface area contributed by atoms with Crippen LogP contribution in [0.25, 0.3) is 22.5 Å². The Labute approximate surface area is 215 Å². The summed E-state index contributed by atoms with van der Waals surface area (Å²) in [5, 5.41) is 3.56. The third kappa shape index (κ3) is 4.42. The summed E-state index contributed by atoms with van der Waals surface area (Å²) in [5.74, 6) is -0.225. The van der Waals surface area contributed by atoms with Gasteiger partial charge in [0.2, 0.25) is 11.8 Å². The highest BCUT2D eigenvalue weighted by molar-refractivity contribution is 7.99. The minimum absolute atomic E-state index is 0.138. The number of hydrogen-bond acceptors (Lipinski definition) is 4. The van der Waals surface area contributed by atoms with Crippen LogP contribution in [-0.4, -0.2) is 33.1 Å². The highest BCUT2D eigenvalue weighted by atomic mass is 32.2. The van der Waals surface area contributed by atoms with Crippen molar-refractivity contribution in [3.8, 4) is 22.5 Å². The van der Waals surface area contributed by atoms with Crippen molar-refractivity contribution in [3.05, 3.63) is 83.9 Å². The van der Waals surface area contributed by atoms with Crippen molar-refractivity contribution >= 4 is 35.0 Å². The molecule has 1 aromatic heterocycles. The number of aromatic amines is 1. The molecule has 6 nitrogen and oxygen atoms in total. The van der Waals surface area contributed by atoms with E-state index in [0.29, 0.717) is 16.5 Å². The number of aryl methyl sites for hydroxylation is 2. The number of imidazole rings is 1. The van der Waals surface area contributed by atoms with E-state index in [0.717, 1.165) is 22.5 Å². The lowest BCUT2D eigenvalue weighted by molar-refractivity contribution is -0.125. The summed E-state index contributed by atoms with van der Waals surface area (Å²) in [7, 11) is 0. The molecule has 0 aliphatic carbocycles. The first-order valence-electron chi connectivity index (χ1n) is 11.8. The van der Waals surface area contributed by atoms with E-state index in [2.05, 4.69) is 72.7 Å². The zero-order valence-electron chi connectivity index (χ0n) is 20.8. The number of carbonyl (C=O) groups is 2. The molecule has 0 saturated carbocycles. The second-order valence-electron chi connectivity index (χ2n) is 9.55. The SMILES string of the molecule is Cc1ccc(-c2nc(SCC(=O)N3c4ccccc4NC(=O)C3(C)C)[nH]c2-c2ccc(C)cc2)cc1. The van der Waals surface area contributed by atoms with Gasteiger partial charge in [-0.2, -0.15) is 0 Å². The van der Waals surface area contributed by atoms with Gasteiger partial charge in [-0.3, -0.25) is 14.5 Å². The fourth-order valence-electron chi connectivity index (χ4n) is 4.36. The van der Waals surface area contributed by atoms with Gasteiger partial charge in [0.25, 0.3) is 0 Å². The first-order chi connectivity index (χ1) is 17.2. The highest BCUT2D eigenvalue weighted by Crippen LogP contribution is 2.38. The van der Waals surface area contributed by atoms with Crippen molar-refractivity contribution in [2.24, 2.45) is 0 Å². The van der Waals surface area contributed by atoms with Crippen molar-refractivity contribution in [3.63, 3.8) is 0 Å². The van der Waals surface area contributed by atoms with E-state index in [1.165, 1.54) is 22.9 Å². The number of fused-ring (bicyclic) bond motifs is 1. The predicted octanol–water partition coefficient (Wildman–Crippen LogP) is 6.22. The number of H-pyrrole nitrogens is 1. The van der Waals surface area contributed by atoms with Gasteiger partial charge in [-0.25, -0.2) is 4.98 Å². The van der Waals surface area contributed by atoms with E-state index >= 15 is 0 Å². The quantitative estimate of drug-likeness (QED) is 0.322. The van der Waals surface area contributed by atoms with Crippen LogP contribution in [0.3, 0.4) is 0 Å². The third-order valence-electron chi connectivity index (χ3n) is 6.44. The Morgan fingerprint density at radius 2 is 1.53 bits per heavy atom. The fourth-order valence-corrected chi connectivity index (χ4v) is 5.08. The average molecular weight is 497 g/mol. The Kier molecular flexibility index (Phi) is 6.18. The smallest absolute Gasteiger partial charge is 0.250 e. The topological polar surface area (TPSA) is 78.1 Å². The number of rotatable bonds is 5. The number of anilines is 2. The molecule has 0 saturated heterocycles. The second-order valence-corrected chi connectivity index (χ2v) is 10.5. The Balaban J connectivity index is 1.45. The molecule has 36 heavy (non-hydrogen) atoms. The van der Waals surface area contributed by atoms with E-state index < -0.39 is 5.54 Å². The lowest BCUT2D eigenvalue weighted by Gasteiger charge is -2.42. The molecule has 2 N–H and O–H groups in total. The number of aromatic nitrogens is 2. The van der Waals surface area contributed by atoms with Gasteiger partial charge in [0, 0.05) is 11.1 Å². The number of nitrogens with zero attached hydrogens (tertiary/aromatic N) is 2. The first-order valence-corrected chi connectivity index (χ1v) is 12.8. The van der Waals surface area contributed by atoms with Crippen molar-refractivity contribution in [2.75, 3.05) is 16.0 Å². The molecule has 0 atom stereocenters. The minimum atomic E-state index is -1.00. The maximum atomic E-state index is 13.5. The Morgan fingerprint density at radius 3 is 2.19 bits per heavy atom. The van der Waals surface area contributed by atoms with Gasteiger partial charge < -0.3 is 10.3 Å². The van der Waals surface area contributed by atoms with E-state index in [-0.39, 0.29) is 17.6 Å². The minimum Gasteiger partial charge on any atom is -0.332 e. The summed E-state index contributed by atoms with van der Waals surface area (Å²) in [5.41, 5.74) is 6.50. The lowest BCUT2D eigenvalue weighted by atomic mass is 9.96. The molecule has 3 aromatic carbocycles. The number of hydrogen-bond donors (Lipinski definition) is 2. The van der Waals surface area contributed by atoms with Crippen molar-refractivity contribution in [1.82, 2.24) is 9.97 Å². The van der Waals surface area contributed by atoms with E-state index in [9.17, 15) is 9.59 Å². The second kappa shape index (κ2) is 9.32. The zero-order chi connectivity index (χ0) is 25.4. The van der Waals surface area contributed by atoms with Crippen LogP contribution in [-0.2, 0) is 9.59 Å². The number of para-hydroxylation sites is 2. The molecule has 1 aliphatic heterocycles. The molecule has 1 aliphatic rings. The van der Waals surface area contributed by atoms with Gasteiger partial charge in [0.1, 0.15) is 5.54 Å². The Morgan fingerprint density at radius 1 is 0.917 bits per heavy atom. The van der Waals surface area contributed by atoms with Crippen molar-refractivity contribution in [2.45, 2.75) is 38.4 Å². The molecule has 0 spiro atoms. The van der Waals surface area contributed by atoms with Gasteiger partial charge in [-0.15, -0.1) is 0 Å². The van der Waals surface area contributed by atoms with Crippen LogP contribution in [0.2, 0.25) is 0 Å². The summed E-state index contributed by atoms with van der Waals surface area (Å²) in [4.78, 5) is 36.1. The van der Waals surface area contributed by atoms with Crippen LogP contribution in [0.1, 0.15) is 25.0 Å². The van der Waals surface area contributed by atoms with E-state index in [1.807, 2.05) is 24.3 Å². The third-order valence-corrected chi connectivity index (χ3v) is 7.30. The van der Waals surface area contributed by atoms with E-state index in [1.54, 1.807) is 18.7 Å². The summed E-state index contributed by atoms with van der Waals surface area (Å²) in [6, 6.07) is 24.0. The summed E-state index contributed by atoms with van der Waals surface area (Å²) < 4.78 is 0. The van der Waals surface area contributed by atoms with Crippen molar-refractivity contribution < 1.29 is 9.59 Å². The normalized spacial score (nSPS) is 14.3. The number of benzene rings is 3. The van der Waals surface area contributed by atoms with Crippen LogP contribution in [0.4, 0.5) is 11.4 Å². The van der Waals surface area contributed by atoms with Crippen LogP contribution in [0.15, 0.2) is 78.0 Å². The Bertz CT molecular complexity index is 1380. The number of carbonyl (C=O) groups excluding carboxylic acids is 2. The summed E-state index contributed by atoms with van der Waals surface area (Å²) >= 11 is 1.34.